The molecule has 27 heavy (non-hydrogen) atoms. The maximum atomic E-state index is 4.43. The second kappa shape index (κ2) is 10.4. The maximum absolute atomic E-state index is 4.43. The fraction of sp³-hybridized carbons (Fsp3) is 0.500. The summed E-state index contributed by atoms with van der Waals surface area (Å²) in [6, 6.07) is 9.03. The third-order valence-electron chi connectivity index (χ3n) is 4.94. The van der Waals surface area contributed by atoms with E-state index in [9.17, 15) is 0 Å². The van der Waals surface area contributed by atoms with Crippen molar-refractivity contribution < 1.29 is 0 Å². The van der Waals surface area contributed by atoms with Crippen LogP contribution >= 0.6 is 39.9 Å². The third kappa shape index (κ3) is 5.64. The number of aryl methyl sites for hydroxylation is 1. The van der Waals surface area contributed by atoms with Crippen molar-refractivity contribution in [3.63, 3.8) is 0 Å². The number of hydrogen-bond acceptors (Lipinski definition) is 4. The number of hydrogen-bond donors (Lipinski definition) is 1. The molecule has 1 fully saturated rings. The molecule has 9 heteroatoms. The first-order valence-corrected chi connectivity index (χ1v) is 9.65. The SMILES string of the molecule is CN=C(NCc1ncnn1C)N1CCN(C(C)c2ccc(Br)cc2)CC1.I. The van der Waals surface area contributed by atoms with Gasteiger partial charge in [-0.3, -0.25) is 14.6 Å². The van der Waals surface area contributed by atoms with Gasteiger partial charge in [0.05, 0.1) is 6.54 Å². The second-order valence-electron chi connectivity index (χ2n) is 6.45. The average molecular weight is 548 g/mol. The minimum Gasteiger partial charge on any atom is -0.349 e. The molecule has 2 heterocycles. The molecule has 1 saturated heterocycles. The molecule has 0 saturated carbocycles. The summed E-state index contributed by atoms with van der Waals surface area (Å²) in [7, 11) is 3.73. The molecule has 1 unspecified atom stereocenters. The van der Waals surface area contributed by atoms with Gasteiger partial charge in [-0.25, -0.2) is 4.98 Å². The van der Waals surface area contributed by atoms with Crippen molar-refractivity contribution in [2.75, 3.05) is 33.2 Å². The van der Waals surface area contributed by atoms with Gasteiger partial charge in [0.15, 0.2) is 5.96 Å². The Morgan fingerprint density at radius 3 is 2.44 bits per heavy atom. The summed E-state index contributed by atoms with van der Waals surface area (Å²) in [6.45, 7) is 6.85. The molecule has 0 spiro atoms. The van der Waals surface area contributed by atoms with Crippen molar-refractivity contribution in [2.45, 2.75) is 19.5 Å². The third-order valence-corrected chi connectivity index (χ3v) is 5.46. The van der Waals surface area contributed by atoms with Crippen molar-refractivity contribution in [3.05, 3.63) is 46.5 Å². The van der Waals surface area contributed by atoms with Crippen molar-refractivity contribution in [2.24, 2.45) is 12.0 Å². The molecule has 1 aromatic heterocycles. The average Bonchev–Trinajstić information content (AvgIpc) is 3.08. The number of guanidine groups is 1. The summed E-state index contributed by atoms with van der Waals surface area (Å²) in [4.78, 5) is 13.5. The minimum absolute atomic E-state index is 0. The Bertz CT molecular complexity index is 738. The van der Waals surface area contributed by atoms with Crippen LogP contribution in [-0.2, 0) is 13.6 Å². The van der Waals surface area contributed by atoms with Crippen LogP contribution in [-0.4, -0.2) is 63.8 Å². The molecule has 3 rings (SSSR count). The molecule has 148 valence electrons. The van der Waals surface area contributed by atoms with E-state index in [0.29, 0.717) is 12.6 Å². The molecule has 0 radical (unpaired) electrons. The summed E-state index contributed by atoms with van der Waals surface area (Å²) in [5.41, 5.74) is 1.35. The fourth-order valence-corrected chi connectivity index (χ4v) is 3.51. The van der Waals surface area contributed by atoms with Gasteiger partial charge in [0.2, 0.25) is 0 Å². The minimum atomic E-state index is 0. The quantitative estimate of drug-likeness (QED) is 0.362. The molecule has 0 amide bonds. The predicted octanol–water partition coefficient (Wildman–Crippen LogP) is 2.65. The standard InChI is InChI=1S/C18H26BrN7.HI/c1-14(15-4-6-16(19)7-5-15)25-8-10-26(11-9-25)18(20-2)21-12-17-22-13-23-24(17)3;/h4-7,13-14H,8-12H2,1-3H3,(H,20,21);1H. The van der Waals surface area contributed by atoms with E-state index in [2.05, 4.69) is 77.3 Å². The second-order valence-corrected chi connectivity index (χ2v) is 7.37. The number of rotatable bonds is 4. The summed E-state index contributed by atoms with van der Waals surface area (Å²) in [6.07, 6.45) is 1.57. The highest BCUT2D eigenvalue weighted by molar-refractivity contribution is 14.0. The molecule has 1 aliphatic rings. The molecule has 0 aliphatic carbocycles. The number of nitrogens with zero attached hydrogens (tertiary/aromatic N) is 6. The van der Waals surface area contributed by atoms with Crippen LogP contribution in [0.3, 0.4) is 0 Å². The summed E-state index contributed by atoms with van der Waals surface area (Å²) < 4.78 is 2.90. The lowest BCUT2D eigenvalue weighted by molar-refractivity contribution is 0.138. The van der Waals surface area contributed by atoms with Gasteiger partial charge < -0.3 is 10.2 Å². The largest absolute Gasteiger partial charge is 0.349 e. The van der Waals surface area contributed by atoms with Gasteiger partial charge in [0.25, 0.3) is 0 Å². The lowest BCUT2D eigenvalue weighted by Crippen LogP contribution is -2.52. The molecule has 1 aromatic carbocycles. The Kier molecular flexibility index (Phi) is 8.49. The zero-order valence-corrected chi connectivity index (χ0v) is 19.9. The Balaban J connectivity index is 0.00000261. The molecule has 2 aromatic rings. The summed E-state index contributed by atoms with van der Waals surface area (Å²) in [5.74, 6) is 1.82. The van der Waals surface area contributed by atoms with E-state index in [1.165, 1.54) is 5.56 Å². The highest BCUT2D eigenvalue weighted by Crippen LogP contribution is 2.23. The van der Waals surface area contributed by atoms with Crippen molar-refractivity contribution >= 4 is 45.9 Å². The smallest absolute Gasteiger partial charge is 0.194 e. The highest BCUT2D eigenvalue weighted by Gasteiger charge is 2.23. The number of aromatic nitrogens is 3. The molecule has 1 atom stereocenters. The molecular weight excluding hydrogens is 521 g/mol. The van der Waals surface area contributed by atoms with Crippen LogP contribution < -0.4 is 5.32 Å². The Morgan fingerprint density at radius 1 is 1.22 bits per heavy atom. The highest BCUT2D eigenvalue weighted by atomic mass is 127. The van der Waals surface area contributed by atoms with E-state index in [0.717, 1.165) is 42.4 Å². The van der Waals surface area contributed by atoms with E-state index in [1.54, 1.807) is 11.0 Å². The van der Waals surface area contributed by atoms with E-state index >= 15 is 0 Å². The van der Waals surface area contributed by atoms with E-state index in [-0.39, 0.29) is 24.0 Å². The van der Waals surface area contributed by atoms with Gasteiger partial charge in [-0.1, -0.05) is 28.1 Å². The van der Waals surface area contributed by atoms with Crippen LogP contribution in [0, 0.1) is 0 Å². The lowest BCUT2D eigenvalue weighted by atomic mass is 10.1. The van der Waals surface area contributed by atoms with Crippen LogP contribution in [0.15, 0.2) is 40.1 Å². The van der Waals surface area contributed by atoms with Crippen LogP contribution in [0.4, 0.5) is 0 Å². The van der Waals surface area contributed by atoms with Gasteiger partial charge in [0, 0.05) is 50.8 Å². The zero-order chi connectivity index (χ0) is 18.5. The monoisotopic (exact) mass is 547 g/mol. The molecule has 1 N–H and O–H groups in total. The maximum Gasteiger partial charge on any atom is 0.194 e. The Hall–Kier alpha value is -1.20. The van der Waals surface area contributed by atoms with Crippen LogP contribution in [0.2, 0.25) is 0 Å². The predicted molar refractivity (Wildman–Crippen MR) is 122 cm³/mol. The summed E-state index contributed by atoms with van der Waals surface area (Å²) in [5, 5.41) is 7.49. The van der Waals surface area contributed by atoms with Gasteiger partial charge in [0.1, 0.15) is 12.2 Å². The van der Waals surface area contributed by atoms with Gasteiger partial charge in [-0.2, -0.15) is 5.10 Å². The fourth-order valence-electron chi connectivity index (χ4n) is 3.24. The molecule has 1 aliphatic heterocycles. The summed E-state index contributed by atoms with van der Waals surface area (Å²) >= 11 is 3.51. The zero-order valence-electron chi connectivity index (χ0n) is 16.0. The normalized spacial score (nSPS) is 16.7. The van der Waals surface area contributed by atoms with E-state index in [1.807, 2.05) is 14.1 Å². The van der Waals surface area contributed by atoms with Crippen LogP contribution in [0.1, 0.15) is 24.4 Å². The van der Waals surface area contributed by atoms with Crippen LogP contribution in [0.5, 0.6) is 0 Å². The van der Waals surface area contributed by atoms with Crippen LogP contribution in [0.25, 0.3) is 0 Å². The number of piperazine rings is 1. The van der Waals surface area contributed by atoms with Gasteiger partial charge in [-0.15, -0.1) is 24.0 Å². The Morgan fingerprint density at radius 2 is 1.89 bits per heavy atom. The van der Waals surface area contributed by atoms with Crippen molar-refractivity contribution in [1.82, 2.24) is 29.9 Å². The number of benzene rings is 1. The van der Waals surface area contributed by atoms with E-state index in [4.69, 9.17) is 0 Å². The van der Waals surface area contributed by atoms with Crippen molar-refractivity contribution in [3.8, 4) is 0 Å². The first kappa shape index (κ1) is 22.1. The molecule has 0 bridgehead atoms. The van der Waals surface area contributed by atoms with Gasteiger partial charge in [-0.05, 0) is 24.6 Å². The Labute approximate surface area is 186 Å². The van der Waals surface area contributed by atoms with E-state index < -0.39 is 0 Å². The lowest BCUT2D eigenvalue weighted by Gasteiger charge is -2.39. The topological polar surface area (TPSA) is 61.6 Å². The van der Waals surface area contributed by atoms with Crippen molar-refractivity contribution in [1.29, 1.82) is 0 Å². The number of halogens is 2. The number of aliphatic imine (C=N–C) groups is 1. The first-order chi connectivity index (χ1) is 12.6. The molecular formula is C18H27BrIN7. The first-order valence-electron chi connectivity index (χ1n) is 8.86. The number of nitrogens with one attached hydrogen (secondary N) is 1. The van der Waals surface area contributed by atoms with Gasteiger partial charge >= 0.3 is 0 Å². The molecule has 7 nitrogen and oxygen atoms in total.